The second-order valence-electron chi connectivity index (χ2n) is 2.61. The van der Waals surface area contributed by atoms with E-state index in [2.05, 4.69) is 0 Å². The molecule has 0 aromatic heterocycles. The van der Waals surface area contributed by atoms with Gasteiger partial charge in [-0.05, 0) is 17.7 Å². The summed E-state index contributed by atoms with van der Waals surface area (Å²) in [5, 5.41) is 8.42. The topological polar surface area (TPSA) is 63.3 Å². The quantitative estimate of drug-likeness (QED) is 0.774. The summed E-state index contributed by atoms with van der Waals surface area (Å²) < 4.78 is 37.6. The van der Waals surface area contributed by atoms with Crippen molar-refractivity contribution in [2.24, 2.45) is 5.73 Å². The van der Waals surface area contributed by atoms with Gasteiger partial charge in [0.15, 0.2) is 17.5 Å². The minimum atomic E-state index is -1.65. The summed E-state index contributed by atoms with van der Waals surface area (Å²) in [4.78, 5) is 10.3. The maximum atomic E-state index is 12.6. The molecule has 15 heavy (non-hydrogen) atoms. The normalized spacial score (nSPS) is 11.7. The van der Waals surface area contributed by atoms with E-state index in [0.29, 0.717) is 12.1 Å². The molecule has 3 nitrogen and oxygen atoms in total. The first kappa shape index (κ1) is 13.7. The molecule has 84 valence electrons. The fraction of sp³-hybridized carbons (Fsp3) is 0.125. The Hall–Kier alpha value is -1.27. The summed E-state index contributed by atoms with van der Waals surface area (Å²) in [6, 6.07) is -0.464. The molecule has 0 radical (unpaired) electrons. The van der Waals surface area contributed by atoms with E-state index in [1.54, 1.807) is 0 Å². The smallest absolute Gasteiger partial charge is 0.325 e. The molecule has 0 bridgehead atoms. The lowest BCUT2D eigenvalue weighted by Crippen LogP contribution is -2.21. The first-order valence-electron chi connectivity index (χ1n) is 3.56. The fourth-order valence-corrected chi connectivity index (χ4v) is 0.897. The van der Waals surface area contributed by atoms with E-state index in [0.717, 1.165) is 0 Å². The Labute approximate surface area is 89.1 Å². The lowest BCUT2D eigenvalue weighted by molar-refractivity contribution is -0.138. The molecule has 0 aliphatic carbocycles. The van der Waals surface area contributed by atoms with E-state index >= 15 is 0 Å². The summed E-state index contributed by atoms with van der Waals surface area (Å²) in [6.07, 6.45) is 0. The van der Waals surface area contributed by atoms with Crippen molar-refractivity contribution in [3.05, 3.63) is 35.1 Å². The van der Waals surface area contributed by atoms with Crippen molar-refractivity contribution >= 4 is 18.4 Å². The van der Waals surface area contributed by atoms with Crippen molar-refractivity contribution in [2.75, 3.05) is 0 Å². The van der Waals surface area contributed by atoms with Crippen molar-refractivity contribution in [3.8, 4) is 0 Å². The molecular weight excluding hydrogens is 235 g/mol. The van der Waals surface area contributed by atoms with Crippen LogP contribution in [0.1, 0.15) is 11.6 Å². The number of hydrogen-bond donors (Lipinski definition) is 2. The second kappa shape index (κ2) is 4.99. The number of aliphatic carboxylic acids is 1. The summed E-state index contributed by atoms with van der Waals surface area (Å²) >= 11 is 0. The SMILES string of the molecule is Cl.NC(C(=O)O)c1cc(F)c(F)c(F)c1. The number of benzene rings is 1. The third-order valence-corrected chi connectivity index (χ3v) is 1.63. The van der Waals surface area contributed by atoms with Crippen LogP contribution in [-0.4, -0.2) is 11.1 Å². The van der Waals surface area contributed by atoms with Gasteiger partial charge in [0, 0.05) is 0 Å². The molecule has 0 fully saturated rings. The average Bonchev–Trinajstić information content (AvgIpc) is 2.12. The van der Waals surface area contributed by atoms with Crippen molar-refractivity contribution < 1.29 is 23.1 Å². The molecule has 0 amide bonds. The van der Waals surface area contributed by atoms with Gasteiger partial charge in [0.05, 0.1) is 0 Å². The van der Waals surface area contributed by atoms with Crippen molar-refractivity contribution in [2.45, 2.75) is 6.04 Å². The minimum absolute atomic E-state index is 0. The number of halogens is 4. The van der Waals surface area contributed by atoms with Crippen LogP contribution in [0.2, 0.25) is 0 Å². The van der Waals surface area contributed by atoms with Crippen LogP contribution in [-0.2, 0) is 4.79 Å². The van der Waals surface area contributed by atoms with Crippen molar-refractivity contribution in [1.82, 2.24) is 0 Å². The third kappa shape index (κ3) is 2.84. The Kier molecular flexibility index (Phi) is 4.57. The van der Waals surface area contributed by atoms with Gasteiger partial charge in [0.25, 0.3) is 0 Å². The molecule has 0 saturated heterocycles. The first-order valence-corrected chi connectivity index (χ1v) is 3.56. The molecule has 1 aromatic rings. The highest BCUT2D eigenvalue weighted by molar-refractivity contribution is 5.85. The second-order valence-corrected chi connectivity index (χ2v) is 2.61. The predicted molar refractivity (Wildman–Crippen MR) is 48.1 cm³/mol. The molecule has 1 rings (SSSR count). The van der Waals surface area contributed by atoms with E-state index in [4.69, 9.17) is 10.8 Å². The molecule has 0 saturated carbocycles. The highest BCUT2D eigenvalue weighted by Crippen LogP contribution is 2.17. The van der Waals surface area contributed by atoms with Gasteiger partial charge in [-0.1, -0.05) is 0 Å². The average molecular weight is 242 g/mol. The zero-order valence-corrected chi connectivity index (χ0v) is 8.02. The number of carboxylic acids is 1. The molecule has 0 heterocycles. The lowest BCUT2D eigenvalue weighted by atomic mass is 10.1. The highest BCUT2D eigenvalue weighted by Gasteiger charge is 2.19. The maximum Gasteiger partial charge on any atom is 0.325 e. The maximum absolute atomic E-state index is 12.6. The standard InChI is InChI=1S/C8H6F3NO2.ClH/c9-4-1-3(7(12)8(13)14)2-5(10)6(4)11;/h1-2,7H,12H2,(H,13,14);1H. The largest absolute Gasteiger partial charge is 0.480 e. The van der Waals surface area contributed by atoms with Gasteiger partial charge in [-0.15, -0.1) is 12.4 Å². The molecule has 1 atom stereocenters. The number of hydrogen-bond acceptors (Lipinski definition) is 2. The van der Waals surface area contributed by atoms with Gasteiger partial charge in [-0.25, -0.2) is 13.2 Å². The Morgan fingerprint density at radius 3 is 2.00 bits per heavy atom. The monoisotopic (exact) mass is 241 g/mol. The number of carboxylic acid groups (broad SMARTS) is 1. The van der Waals surface area contributed by atoms with Crippen molar-refractivity contribution in [3.63, 3.8) is 0 Å². The highest BCUT2D eigenvalue weighted by atomic mass is 35.5. The predicted octanol–water partition coefficient (Wildman–Crippen LogP) is 1.61. The number of carbonyl (C=O) groups is 1. The van der Waals surface area contributed by atoms with Gasteiger partial charge >= 0.3 is 5.97 Å². The molecule has 7 heteroatoms. The van der Waals surface area contributed by atoms with Crippen LogP contribution >= 0.6 is 12.4 Å². The number of rotatable bonds is 2. The van der Waals surface area contributed by atoms with Crippen LogP contribution in [0.4, 0.5) is 13.2 Å². The Balaban J connectivity index is 0.00000196. The van der Waals surface area contributed by atoms with Gasteiger partial charge in [0.1, 0.15) is 6.04 Å². The molecule has 1 aromatic carbocycles. The van der Waals surface area contributed by atoms with E-state index in [9.17, 15) is 18.0 Å². The fourth-order valence-electron chi connectivity index (χ4n) is 0.897. The Morgan fingerprint density at radius 2 is 1.67 bits per heavy atom. The molecule has 3 N–H and O–H groups in total. The van der Waals surface area contributed by atoms with Crippen molar-refractivity contribution in [1.29, 1.82) is 0 Å². The van der Waals surface area contributed by atoms with E-state index in [1.807, 2.05) is 0 Å². The molecular formula is C8H7ClF3NO2. The summed E-state index contributed by atoms with van der Waals surface area (Å²) in [5.41, 5.74) is 4.75. The van der Waals surface area contributed by atoms with Gasteiger partial charge < -0.3 is 10.8 Å². The summed E-state index contributed by atoms with van der Waals surface area (Å²) in [7, 11) is 0. The van der Waals surface area contributed by atoms with Crippen LogP contribution < -0.4 is 5.73 Å². The van der Waals surface area contributed by atoms with Crippen LogP contribution in [0.3, 0.4) is 0 Å². The molecule has 1 unspecified atom stereocenters. The zero-order valence-electron chi connectivity index (χ0n) is 7.21. The van der Waals surface area contributed by atoms with E-state index in [-0.39, 0.29) is 18.0 Å². The molecule has 0 aliphatic rings. The third-order valence-electron chi connectivity index (χ3n) is 1.63. The van der Waals surface area contributed by atoms with Crippen LogP contribution in [0, 0.1) is 17.5 Å². The van der Waals surface area contributed by atoms with Crippen LogP contribution in [0.25, 0.3) is 0 Å². The zero-order chi connectivity index (χ0) is 10.9. The molecule has 0 spiro atoms. The van der Waals surface area contributed by atoms with Crippen LogP contribution in [0.5, 0.6) is 0 Å². The van der Waals surface area contributed by atoms with E-state index < -0.39 is 29.5 Å². The van der Waals surface area contributed by atoms with E-state index in [1.165, 1.54) is 0 Å². The first-order chi connectivity index (χ1) is 6.43. The number of nitrogens with two attached hydrogens (primary N) is 1. The summed E-state index contributed by atoms with van der Waals surface area (Å²) in [6.45, 7) is 0. The Morgan fingerprint density at radius 1 is 1.27 bits per heavy atom. The lowest BCUT2D eigenvalue weighted by Gasteiger charge is -2.07. The van der Waals surface area contributed by atoms with Gasteiger partial charge in [0.2, 0.25) is 0 Å². The Bertz CT molecular complexity index is 363. The van der Waals surface area contributed by atoms with Gasteiger partial charge in [-0.3, -0.25) is 4.79 Å². The minimum Gasteiger partial charge on any atom is -0.480 e. The van der Waals surface area contributed by atoms with Crippen LogP contribution in [0.15, 0.2) is 12.1 Å². The molecule has 0 aliphatic heterocycles. The summed E-state index contributed by atoms with van der Waals surface area (Å²) in [5.74, 6) is -6.02. The van der Waals surface area contributed by atoms with Gasteiger partial charge in [-0.2, -0.15) is 0 Å².